The molecule has 1 aromatic carbocycles. The predicted octanol–water partition coefficient (Wildman–Crippen LogP) is 3.61. The highest BCUT2D eigenvalue weighted by molar-refractivity contribution is 7.17. The summed E-state index contributed by atoms with van der Waals surface area (Å²) < 4.78 is 10.5. The summed E-state index contributed by atoms with van der Waals surface area (Å²) in [6.07, 6.45) is 0. The van der Waals surface area contributed by atoms with E-state index in [1.165, 1.54) is 11.3 Å². The molecule has 0 saturated heterocycles. The second-order valence-corrected chi connectivity index (χ2v) is 6.32. The molecule has 1 unspecified atom stereocenters. The van der Waals surface area contributed by atoms with Crippen LogP contribution in [0.4, 0.5) is 0 Å². The molecular formula is C17H17N3O3S. The first-order chi connectivity index (χ1) is 11.6. The first-order valence-corrected chi connectivity index (χ1v) is 8.24. The summed E-state index contributed by atoms with van der Waals surface area (Å²) in [6, 6.07) is 11.1. The molecule has 1 atom stereocenters. The lowest BCUT2D eigenvalue weighted by Gasteiger charge is -2.08. The SMILES string of the molecule is COc1ccccc1-c1ccc(C(=O)NC(C)c2nc(C)no2)s1. The van der Waals surface area contributed by atoms with Crippen molar-refractivity contribution in [3.05, 3.63) is 53.0 Å². The van der Waals surface area contributed by atoms with Gasteiger partial charge in [0.05, 0.1) is 12.0 Å². The lowest BCUT2D eigenvalue weighted by molar-refractivity contribution is 0.0936. The number of aromatic nitrogens is 2. The van der Waals surface area contributed by atoms with Crippen LogP contribution in [0.25, 0.3) is 10.4 Å². The Bertz CT molecular complexity index is 856. The molecular weight excluding hydrogens is 326 g/mol. The van der Waals surface area contributed by atoms with Gasteiger partial charge in [0.2, 0.25) is 5.89 Å². The lowest BCUT2D eigenvalue weighted by Crippen LogP contribution is -2.26. The van der Waals surface area contributed by atoms with Crippen LogP contribution < -0.4 is 10.1 Å². The Hall–Kier alpha value is -2.67. The van der Waals surface area contributed by atoms with E-state index in [0.717, 1.165) is 16.2 Å². The molecule has 2 heterocycles. The summed E-state index contributed by atoms with van der Waals surface area (Å²) in [5, 5.41) is 6.60. The average Bonchev–Trinajstić information content (AvgIpc) is 3.24. The molecule has 2 aromatic heterocycles. The van der Waals surface area contributed by atoms with Gasteiger partial charge in [-0.05, 0) is 38.1 Å². The molecule has 0 aliphatic carbocycles. The molecule has 124 valence electrons. The number of hydrogen-bond donors (Lipinski definition) is 1. The summed E-state index contributed by atoms with van der Waals surface area (Å²) in [5.41, 5.74) is 0.963. The highest BCUT2D eigenvalue weighted by Gasteiger charge is 2.18. The third-order valence-corrected chi connectivity index (χ3v) is 4.58. The molecule has 24 heavy (non-hydrogen) atoms. The van der Waals surface area contributed by atoms with Gasteiger partial charge in [-0.15, -0.1) is 11.3 Å². The smallest absolute Gasteiger partial charge is 0.262 e. The van der Waals surface area contributed by atoms with Crippen LogP contribution in [0.1, 0.15) is 34.4 Å². The molecule has 0 fully saturated rings. The standard InChI is InChI=1S/C17H17N3O3S/c1-10(17-19-11(2)20-23-17)18-16(21)15-9-8-14(24-15)12-6-4-5-7-13(12)22-3/h4-10H,1-3H3,(H,18,21). The maximum atomic E-state index is 12.4. The van der Waals surface area contributed by atoms with Gasteiger partial charge >= 0.3 is 0 Å². The third-order valence-electron chi connectivity index (χ3n) is 3.46. The minimum absolute atomic E-state index is 0.176. The van der Waals surface area contributed by atoms with Crippen molar-refractivity contribution in [1.29, 1.82) is 0 Å². The van der Waals surface area contributed by atoms with Crippen LogP contribution in [0.5, 0.6) is 5.75 Å². The third kappa shape index (κ3) is 3.30. The number of hydrogen-bond acceptors (Lipinski definition) is 6. The number of ether oxygens (including phenoxy) is 1. The van der Waals surface area contributed by atoms with Crippen LogP contribution >= 0.6 is 11.3 Å². The number of nitrogens with one attached hydrogen (secondary N) is 1. The van der Waals surface area contributed by atoms with Gasteiger partial charge in [0, 0.05) is 10.4 Å². The summed E-state index contributed by atoms with van der Waals surface area (Å²) in [6.45, 7) is 3.54. The Kier molecular flexibility index (Phi) is 4.61. The van der Waals surface area contributed by atoms with Crippen LogP contribution in [0.3, 0.4) is 0 Å². The van der Waals surface area contributed by atoms with Crippen LogP contribution in [0, 0.1) is 6.92 Å². The number of carbonyl (C=O) groups is 1. The molecule has 0 spiro atoms. The van der Waals surface area contributed by atoms with Gasteiger partial charge in [0.25, 0.3) is 5.91 Å². The summed E-state index contributed by atoms with van der Waals surface area (Å²) >= 11 is 1.41. The van der Waals surface area contributed by atoms with Crippen molar-refractivity contribution in [1.82, 2.24) is 15.5 Å². The number of methoxy groups -OCH3 is 1. The van der Waals surface area contributed by atoms with Crippen LogP contribution in [0.15, 0.2) is 40.9 Å². The Morgan fingerprint density at radius 1 is 1.29 bits per heavy atom. The molecule has 1 amide bonds. The Balaban J connectivity index is 1.76. The van der Waals surface area contributed by atoms with Crippen molar-refractivity contribution in [2.75, 3.05) is 7.11 Å². The van der Waals surface area contributed by atoms with Gasteiger partial charge in [0.1, 0.15) is 11.8 Å². The quantitative estimate of drug-likeness (QED) is 0.766. The fourth-order valence-electron chi connectivity index (χ4n) is 2.27. The number of nitrogens with zero attached hydrogens (tertiary/aromatic N) is 2. The van der Waals surface area contributed by atoms with Crippen molar-refractivity contribution in [3.8, 4) is 16.2 Å². The summed E-state index contributed by atoms with van der Waals surface area (Å²) in [4.78, 5) is 18.1. The number of carbonyl (C=O) groups excluding carboxylic acids is 1. The fraction of sp³-hybridized carbons (Fsp3) is 0.235. The largest absolute Gasteiger partial charge is 0.496 e. The van der Waals surface area contributed by atoms with E-state index in [1.807, 2.05) is 30.3 Å². The van der Waals surface area contributed by atoms with E-state index in [9.17, 15) is 4.79 Å². The van der Waals surface area contributed by atoms with Gasteiger partial charge in [-0.1, -0.05) is 17.3 Å². The van der Waals surface area contributed by atoms with Crippen molar-refractivity contribution in [3.63, 3.8) is 0 Å². The van der Waals surface area contributed by atoms with E-state index in [-0.39, 0.29) is 11.9 Å². The summed E-state index contributed by atoms with van der Waals surface area (Å²) in [5.74, 6) is 1.54. The van der Waals surface area contributed by atoms with E-state index in [4.69, 9.17) is 9.26 Å². The molecule has 7 heteroatoms. The molecule has 6 nitrogen and oxygen atoms in total. The lowest BCUT2D eigenvalue weighted by atomic mass is 10.1. The minimum Gasteiger partial charge on any atom is -0.496 e. The Morgan fingerprint density at radius 3 is 2.79 bits per heavy atom. The molecule has 3 rings (SSSR count). The molecule has 0 bridgehead atoms. The number of rotatable bonds is 5. The van der Waals surface area contributed by atoms with Gasteiger partial charge in [-0.3, -0.25) is 4.79 Å². The zero-order valence-corrected chi connectivity index (χ0v) is 14.4. The Morgan fingerprint density at radius 2 is 2.08 bits per heavy atom. The highest BCUT2D eigenvalue weighted by atomic mass is 32.1. The number of thiophene rings is 1. The zero-order chi connectivity index (χ0) is 17.1. The molecule has 1 N–H and O–H groups in total. The van der Waals surface area contributed by atoms with Crippen LogP contribution in [-0.4, -0.2) is 23.2 Å². The van der Waals surface area contributed by atoms with E-state index < -0.39 is 0 Å². The minimum atomic E-state index is -0.351. The van der Waals surface area contributed by atoms with Crippen molar-refractivity contribution in [2.45, 2.75) is 19.9 Å². The first kappa shape index (κ1) is 16.2. The maximum Gasteiger partial charge on any atom is 0.262 e. The van der Waals surface area contributed by atoms with Crippen molar-refractivity contribution in [2.24, 2.45) is 0 Å². The molecule has 0 saturated carbocycles. The number of amides is 1. The number of benzene rings is 1. The number of para-hydroxylation sites is 1. The molecule has 3 aromatic rings. The van der Waals surface area contributed by atoms with Crippen molar-refractivity contribution >= 4 is 17.2 Å². The number of aryl methyl sites for hydroxylation is 1. The highest BCUT2D eigenvalue weighted by Crippen LogP contribution is 2.34. The average molecular weight is 343 g/mol. The van der Waals surface area contributed by atoms with Crippen LogP contribution in [-0.2, 0) is 0 Å². The first-order valence-electron chi connectivity index (χ1n) is 7.42. The van der Waals surface area contributed by atoms with E-state index in [2.05, 4.69) is 15.5 Å². The fourth-order valence-corrected chi connectivity index (χ4v) is 3.21. The Labute approximate surface area is 143 Å². The molecule has 0 aliphatic rings. The topological polar surface area (TPSA) is 77.2 Å². The second-order valence-electron chi connectivity index (χ2n) is 5.24. The molecule has 0 radical (unpaired) electrons. The van der Waals surface area contributed by atoms with Gasteiger partial charge in [-0.2, -0.15) is 4.98 Å². The zero-order valence-electron chi connectivity index (χ0n) is 13.6. The maximum absolute atomic E-state index is 12.4. The summed E-state index contributed by atoms with van der Waals surface area (Å²) in [7, 11) is 1.63. The van der Waals surface area contributed by atoms with E-state index >= 15 is 0 Å². The predicted molar refractivity (Wildman–Crippen MR) is 91.2 cm³/mol. The van der Waals surface area contributed by atoms with E-state index in [1.54, 1.807) is 27.0 Å². The normalized spacial score (nSPS) is 12.0. The van der Waals surface area contributed by atoms with Gasteiger partial charge in [-0.25, -0.2) is 0 Å². The van der Waals surface area contributed by atoms with Crippen LogP contribution in [0.2, 0.25) is 0 Å². The van der Waals surface area contributed by atoms with Gasteiger partial charge in [0.15, 0.2) is 5.82 Å². The van der Waals surface area contributed by atoms with E-state index in [0.29, 0.717) is 16.6 Å². The molecule has 0 aliphatic heterocycles. The van der Waals surface area contributed by atoms with Crippen molar-refractivity contribution < 1.29 is 14.1 Å². The van der Waals surface area contributed by atoms with Gasteiger partial charge < -0.3 is 14.6 Å². The second kappa shape index (κ2) is 6.84. The monoisotopic (exact) mass is 343 g/mol.